The van der Waals surface area contributed by atoms with Crippen LogP contribution in [0, 0.1) is 0 Å². The number of thiocarbonyl (C=S) groups is 1. The van der Waals surface area contributed by atoms with Crippen LogP contribution in [-0.4, -0.2) is 23.3 Å². The molecule has 0 saturated heterocycles. The van der Waals surface area contributed by atoms with Crippen LogP contribution in [0.2, 0.25) is 0 Å². The fourth-order valence-electron chi connectivity index (χ4n) is 0.634. The summed E-state index contributed by atoms with van der Waals surface area (Å²) in [6.07, 6.45) is 0. The Labute approximate surface area is 88.1 Å². The molecular weight excluding hydrogens is 202 g/mol. The molecule has 1 rings (SSSR count). The Morgan fingerprint density at radius 3 is 2.46 bits per heavy atom. The van der Waals surface area contributed by atoms with E-state index in [0.717, 1.165) is 5.75 Å². The van der Waals surface area contributed by atoms with Crippen LogP contribution in [0.15, 0.2) is 30.3 Å². The number of hydrogen-bond acceptors (Lipinski definition) is 3. The number of benzene rings is 1. The number of para-hydroxylation sites is 1. The van der Waals surface area contributed by atoms with E-state index >= 15 is 0 Å². The second kappa shape index (κ2) is 5.09. The molecule has 0 N–H and O–H groups in total. The van der Waals surface area contributed by atoms with E-state index in [1.165, 1.54) is 12.0 Å². The highest BCUT2D eigenvalue weighted by Gasteiger charge is 2.01. The predicted octanol–water partition coefficient (Wildman–Crippen LogP) is 2.56. The van der Waals surface area contributed by atoms with Crippen molar-refractivity contribution in [3.63, 3.8) is 0 Å². The summed E-state index contributed by atoms with van der Waals surface area (Å²) in [5, 5.41) is 0. The summed E-state index contributed by atoms with van der Waals surface area (Å²) in [7, 11) is 3.79. The zero-order valence-electron chi connectivity index (χ0n) is 7.56. The van der Waals surface area contributed by atoms with Crippen LogP contribution in [0.5, 0.6) is 5.75 Å². The molecule has 13 heavy (non-hydrogen) atoms. The minimum atomic E-state index is 0.712. The van der Waals surface area contributed by atoms with Crippen molar-refractivity contribution in [2.24, 2.45) is 0 Å². The Bertz CT molecular complexity index is 274. The highest BCUT2D eigenvalue weighted by atomic mass is 32.2. The van der Waals surface area contributed by atoms with Crippen LogP contribution in [0.4, 0.5) is 0 Å². The molecule has 0 aliphatic heterocycles. The van der Waals surface area contributed by atoms with Crippen molar-refractivity contribution in [3.8, 4) is 5.75 Å². The van der Waals surface area contributed by atoms with Crippen LogP contribution in [-0.2, 0) is 0 Å². The van der Waals surface area contributed by atoms with Gasteiger partial charge < -0.3 is 9.08 Å². The first kappa shape index (κ1) is 10.3. The summed E-state index contributed by atoms with van der Waals surface area (Å²) in [4.78, 5) is 1.84. The van der Waals surface area contributed by atoms with Gasteiger partial charge in [0.05, 0.1) is 0 Å². The van der Waals surface area contributed by atoms with Crippen LogP contribution < -0.4 is 4.18 Å². The maximum atomic E-state index is 5.36. The standard InChI is InChI=1S/C9H11NOS2/c1-10(2)9(12)13-11-8-6-4-3-5-7-8/h3-7H,1-2H3. The summed E-state index contributed by atoms with van der Waals surface area (Å²) in [6, 6.07) is 9.58. The molecule has 2 nitrogen and oxygen atoms in total. The fraction of sp³-hybridized carbons (Fsp3) is 0.222. The van der Waals surface area contributed by atoms with Gasteiger partial charge in [-0.3, -0.25) is 0 Å². The molecule has 4 heteroatoms. The molecule has 70 valence electrons. The average molecular weight is 213 g/mol. The SMILES string of the molecule is CN(C)C(=S)SOc1ccccc1. The Hall–Kier alpha value is -0.740. The van der Waals surface area contributed by atoms with E-state index in [2.05, 4.69) is 0 Å². The van der Waals surface area contributed by atoms with Gasteiger partial charge >= 0.3 is 0 Å². The van der Waals surface area contributed by atoms with Crippen LogP contribution in [0.1, 0.15) is 0 Å². The first-order valence-electron chi connectivity index (χ1n) is 3.81. The van der Waals surface area contributed by atoms with Crippen LogP contribution in [0.25, 0.3) is 0 Å². The van der Waals surface area contributed by atoms with Gasteiger partial charge in [0.25, 0.3) is 0 Å². The van der Waals surface area contributed by atoms with Crippen molar-refractivity contribution in [2.45, 2.75) is 0 Å². The quantitative estimate of drug-likeness (QED) is 0.552. The Balaban J connectivity index is 2.40. The largest absolute Gasteiger partial charge is 0.418 e. The Morgan fingerprint density at radius 1 is 1.31 bits per heavy atom. The molecule has 0 atom stereocenters. The number of rotatable bonds is 2. The van der Waals surface area contributed by atoms with Crippen molar-refractivity contribution >= 4 is 28.6 Å². The molecule has 0 fully saturated rings. The van der Waals surface area contributed by atoms with Crippen LogP contribution in [0.3, 0.4) is 0 Å². The van der Waals surface area contributed by atoms with Gasteiger partial charge in [0.2, 0.25) is 0 Å². The zero-order valence-corrected chi connectivity index (χ0v) is 9.19. The molecular formula is C9H11NOS2. The van der Waals surface area contributed by atoms with Gasteiger partial charge in [-0.2, -0.15) is 0 Å². The van der Waals surface area contributed by atoms with Crippen molar-refractivity contribution < 1.29 is 4.18 Å². The summed E-state index contributed by atoms with van der Waals surface area (Å²) in [5.41, 5.74) is 0. The minimum Gasteiger partial charge on any atom is -0.418 e. The van der Waals surface area contributed by atoms with Gasteiger partial charge in [-0.05, 0) is 24.4 Å². The lowest BCUT2D eigenvalue weighted by atomic mass is 10.3. The summed E-state index contributed by atoms with van der Waals surface area (Å²) in [6.45, 7) is 0. The summed E-state index contributed by atoms with van der Waals surface area (Å²) >= 11 is 6.24. The van der Waals surface area contributed by atoms with Crippen molar-refractivity contribution in [1.29, 1.82) is 0 Å². The number of nitrogens with zero attached hydrogens (tertiary/aromatic N) is 1. The van der Waals surface area contributed by atoms with E-state index in [0.29, 0.717) is 4.32 Å². The maximum Gasteiger partial charge on any atom is 0.176 e. The zero-order chi connectivity index (χ0) is 9.68. The fourth-order valence-corrected chi connectivity index (χ4v) is 1.16. The van der Waals surface area contributed by atoms with Crippen molar-refractivity contribution in [1.82, 2.24) is 4.90 Å². The van der Waals surface area contributed by atoms with Gasteiger partial charge in [0, 0.05) is 14.1 Å². The van der Waals surface area contributed by atoms with Gasteiger partial charge in [0.1, 0.15) is 17.8 Å². The second-order valence-corrected chi connectivity index (χ2v) is 4.01. The van der Waals surface area contributed by atoms with E-state index in [-0.39, 0.29) is 0 Å². The van der Waals surface area contributed by atoms with E-state index in [4.69, 9.17) is 16.4 Å². The molecule has 0 spiro atoms. The van der Waals surface area contributed by atoms with Gasteiger partial charge in [-0.15, -0.1) is 0 Å². The van der Waals surface area contributed by atoms with E-state index in [1.54, 1.807) is 0 Å². The smallest absolute Gasteiger partial charge is 0.176 e. The number of hydrogen-bond donors (Lipinski definition) is 0. The normalized spacial score (nSPS) is 9.38. The van der Waals surface area contributed by atoms with Gasteiger partial charge in [-0.1, -0.05) is 18.2 Å². The average Bonchev–Trinajstić information content (AvgIpc) is 2.15. The second-order valence-electron chi connectivity index (χ2n) is 2.64. The molecule has 0 aromatic heterocycles. The molecule has 0 unspecified atom stereocenters. The molecule has 1 aromatic rings. The summed E-state index contributed by atoms with van der Waals surface area (Å²) < 4.78 is 6.07. The van der Waals surface area contributed by atoms with E-state index in [1.807, 2.05) is 49.3 Å². The maximum absolute atomic E-state index is 5.36. The molecule has 0 amide bonds. The third-order valence-electron chi connectivity index (χ3n) is 1.32. The van der Waals surface area contributed by atoms with Crippen LogP contribution >= 0.6 is 24.3 Å². The van der Waals surface area contributed by atoms with Crippen molar-refractivity contribution in [2.75, 3.05) is 14.1 Å². The van der Waals surface area contributed by atoms with Gasteiger partial charge in [0.15, 0.2) is 4.32 Å². The Kier molecular flexibility index (Phi) is 4.05. The molecule has 0 aliphatic rings. The summed E-state index contributed by atoms with van der Waals surface area (Å²) in [5.74, 6) is 0.816. The monoisotopic (exact) mass is 213 g/mol. The minimum absolute atomic E-state index is 0.712. The lowest BCUT2D eigenvalue weighted by Crippen LogP contribution is -2.16. The third-order valence-corrected chi connectivity index (χ3v) is 2.67. The third kappa shape index (κ3) is 3.65. The molecule has 1 aromatic carbocycles. The highest BCUT2D eigenvalue weighted by Crippen LogP contribution is 2.16. The predicted molar refractivity (Wildman–Crippen MR) is 60.9 cm³/mol. The van der Waals surface area contributed by atoms with E-state index in [9.17, 15) is 0 Å². The topological polar surface area (TPSA) is 12.5 Å². The first-order valence-corrected chi connectivity index (χ1v) is 4.96. The Morgan fingerprint density at radius 2 is 1.92 bits per heavy atom. The van der Waals surface area contributed by atoms with Crippen molar-refractivity contribution in [3.05, 3.63) is 30.3 Å². The van der Waals surface area contributed by atoms with Gasteiger partial charge in [-0.25, -0.2) is 0 Å². The highest BCUT2D eigenvalue weighted by molar-refractivity contribution is 8.20. The molecule has 0 saturated carbocycles. The molecule has 0 aliphatic carbocycles. The molecule has 0 radical (unpaired) electrons. The van der Waals surface area contributed by atoms with E-state index < -0.39 is 0 Å². The lowest BCUT2D eigenvalue weighted by Gasteiger charge is -2.11. The molecule has 0 bridgehead atoms. The molecule has 0 heterocycles. The lowest BCUT2D eigenvalue weighted by molar-refractivity contribution is 0.626. The first-order chi connectivity index (χ1) is 6.20.